The van der Waals surface area contributed by atoms with Crippen LogP contribution in [0.2, 0.25) is 0 Å². The summed E-state index contributed by atoms with van der Waals surface area (Å²) in [4.78, 5) is 1.36. The number of para-hydroxylation sites is 1. The highest BCUT2D eigenvalue weighted by Gasteiger charge is 2.12. The number of fused-ring (bicyclic) bond motifs is 1. The lowest BCUT2D eigenvalue weighted by molar-refractivity contribution is 0.702. The van der Waals surface area contributed by atoms with E-state index >= 15 is 0 Å². The van der Waals surface area contributed by atoms with Gasteiger partial charge >= 0.3 is 0 Å². The summed E-state index contributed by atoms with van der Waals surface area (Å²) in [7, 11) is 0. The molecule has 4 heteroatoms. The molecule has 0 bridgehead atoms. The predicted molar refractivity (Wildman–Crippen MR) is 81.2 cm³/mol. The average Bonchev–Trinajstić information content (AvgIpc) is 2.98. The van der Waals surface area contributed by atoms with Crippen molar-refractivity contribution < 1.29 is 0 Å². The zero-order valence-electron chi connectivity index (χ0n) is 10.0. The Labute approximate surface area is 120 Å². The minimum atomic E-state index is 0.922. The van der Waals surface area contributed by atoms with Gasteiger partial charge in [-0.2, -0.15) is 0 Å². The summed E-state index contributed by atoms with van der Waals surface area (Å²) in [5, 5.41) is 9.11. The minimum absolute atomic E-state index is 0.922. The molecule has 1 aromatic carbocycles. The standard InChI is InChI=1S/C14H15BrN2S/c15-12-6-13(18-9-12)8-16-7-11-3-1-2-10-4-5-17-14(10)11/h1-3,6,9,16-17H,4-5,7-8H2. The maximum absolute atomic E-state index is 3.51. The van der Waals surface area contributed by atoms with Crippen LogP contribution in [0.5, 0.6) is 0 Å². The second-order valence-electron chi connectivity index (χ2n) is 4.46. The first-order valence-corrected chi connectivity index (χ1v) is 7.78. The molecule has 94 valence electrons. The Morgan fingerprint density at radius 3 is 3.11 bits per heavy atom. The number of nitrogens with one attached hydrogen (secondary N) is 2. The van der Waals surface area contributed by atoms with E-state index in [-0.39, 0.29) is 0 Å². The molecular weight excluding hydrogens is 308 g/mol. The second kappa shape index (κ2) is 5.43. The van der Waals surface area contributed by atoms with E-state index in [0.29, 0.717) is 0 Å². The molecule has 1 aromatic heterocycles. The van der Waals surface area contributed by atoms with Gasteiger partial charge in [0.1, 0.15) is 0 Å². The lowest BCUT2D eigenvalue weighted by Crippen LogP contribution is -2.13. The first kappa shape index (κ1) is 12.2. The molecule has 18 heavy (non-hydrogen) atoms. The average molecular weight is 323 g/mol. The highest BCUT2D eigenvalue weighted by Crippen LogP contribution is 2.26. The smallest absolute Gasteiger partial charge is 0.0419 e. The monoisotopic (exact) mass is 322 g/mol. The van der Waals surface area contributed by atoms with E-state index < -0.39 is 0 Å². The largest absolute Gasteiger partial charge is 0.384 e. The highest BCUT2D eigenvalue weighted by molar-refractivity contribution is 9.10. The summed E-state index contributed by atoms with van der Waals surface area (Å²) < 4.78 is 1.17. The highest BCUT2D eigenvalue weighted by atomic mass is 79.9. The molecule has 3 rings (SSSR count). The quantitative estimate of drug-likeness (QED) is 0.895. The predicted octanol–water partition coefficient (Wildman–Crippen LogP) is 3.77. The Morgan fingerprint density at radius 2 is 2.28 bits per heavy atom. The third kappa shape index (κ3) is 2.60. The minimum Gasteiger partial charge on any atom is -0.384 e. The number of rotatable bonds is 4. The van der Waals surface area contributed by atoms with Gasteiger partial charge in [-0.1, -0.05) is 18.2 Å². The maximum atomic E-state index is 3.51. The van der Waals surface area contributed by atoms with Crippen molar-refractivity contribution in [1.82, 2.24) is 5.32 Å². The number of benzene rings is 1. The Bertz CT molecular complexity index is 550. The Kier molecular flexibility index (Phi) is 3.68. The number of hydrogen-bond donors (Lipinski definition) is 2. The zero-order valence-corrected chi connectivity index (χ0v) is 12.4. The van der Waals surface area contributed by atoms with Gasteiger partial charge in [0.2, 0.25) is 0 Å². The SMILES string of the molecule is Brc1csc(CNCc2cccc3c2NCC3)c1. The van der Waals surface area contributed by atoms with Crippen LogP contribution in [-0.4, -0.2) is 6.54 Å². The summed E-state index contributed by atoms with van der Waals surface area (Å²) in [5.41, 5.74) is 4.17. The van der Waals surface area contributed by atoms with Crippen LogP contribution >= 0.6 is 27.3 Å². The number of anilines is 1. The topological polar surface area (TPSA) is 24.1 Å². The summed E-state index contributed by atoms with van der Waals surface area (Å²) in [6.07, 6.45) is 1.15. The van der Waals surface area contributed by atoms with Crippen molar-refractivity contribution in [2.24, 2.45) is 0 Å². The molecule has 0 aliphatic carbocycles. The van der Waals surface area contributed by atoms with Gasteiger partial charge in [-0.3, -0.25) is 0 Å². The van der Waals surface area contributed by atoms with Gasteiger partial charge in [0, 0.05) is 40.1 Å². The maximum Gasteiger partial charge on any atom is 0.0419 e. The van der Waals surface area contributed by atoms with Crippen LogP contribution in [0.4, 0.5) is 5.69 Å². The van der Waals surface area contributed by atoms with E-state index in [4.69, 9.17) is 0 Å². The first-order valence-electron chi connectivity index (χ1n) is 6.11. The van der Waals surface area contributed by atoms with Gasteiger partial charge in [-0.25, -0.2) is 0 Å². The molecule has 2 aromatic rings. The molecule has 0 spiro atoms. The molecule has 0 fully saturated rings. The number of thiophene rings is 1. The molecule has 0 saturated heterocycles. The molecule has 2 nitrogen and oxygen atoms in total. The van der Waals surface area contributed by atoms with Gasteiger partial charge in [-0.05, 0) is 39.5 Å². The number of halogens is 1. The molecule has 2 N–H and O–H groups in total. The molecule has 0 unspecified atom stereocenters. The Hall–Kier alpha value is -0.840. The van der Waals surface area contributed by atoms with Crippen molar-refractivity contribution in [3.05, 3.63) is 50.1 Å². The van der Waals surface area contributed by atoms with E-state index in [2.05, 4.69) is 56.2 Å². The zero-order chi connectivity index (χ0) is 12.4. The van der Waals surface area contributed by atoms with Crippen molar-refractivity contribution in [2.75, 3.05) is 11.9 Å². The second-order valence-corrected chi connectivity index (χ2v) is 6.37. The first-order chi connectivity index (χ1) is 8.83. The van der Waals surface area contributed by atoms with E-state index in [1.807, 2.05) is 0 Å². The van der Waals surface area contributed by atoms with Crippen molar-refractivity contribution in [3.63, 3.8) is 0 Å². The molecule has 0 radical (unpaired) electrons. The lowest BCUT2D eigenvalue weighted by Gasteiger charge is -2.09. The lowest BCUT2D eigenvalue weighted by atomic mass is 10.1. The van der Waals surface area contributed by atoms with Crippen LogP contribution < -0.4 is 10.6 Å². The fourth-order valence-electron chi connectivity index (χ4n) is 2.33. The van der Waals surface area contributed by atoms with Gasteiger partial charge < -0.3 is 10.6 Å². The van der Waals surface area contributed by atoms with Gasteiger partial charge in [0.15, 0.2) is 0 Å². The van der Waals surface area contributed by atoms with E-state index in [9.17, 15) is 0 Å². The molecular formula is C14H15BrN2S. The van der Waals surface area contributed by atoms with Crippen molar-refractivity contribution in [1.29, 1.82) is 0 Å². The van der Waals surface area contributed by atoms with Crippen LogP contribution in [0.1, 0.15) is 16.0 Å². The third-order valence-corrected chi connectivity index (χ3v) is 4.87. The normalized spacial score (nSPS) is 13.4. The third-order valence-electron chi connectivity index (χ3n) is 3.17. The van der Waals surface area contributed by atoms with Gasteiger partial charge in [0.25, 0.3) is 0 Å². The summed E-state index contributed by atoms with van der Waals surface area (Å²) in [5.74, 6) is 0. The molecule has 1 aliphatic rings. The van der Waals surface area contributed by atoms with E-state index in [0.717, 1.165) is 26.1 Å². The van der Waals surface area contributed by atoms with Crippen LogP contribution in [0.15, 0.2) is 34.1 Å². The van der Waals surface area contributed by atoms with Crippen LogP contribution in [0.25, 0.3) is 0 Å². The van der Waals surface area contributed by atoms with Gasteiger partial charge in [-0.15, -0.1) is 11.3 Å². The van der Waals surface area contributed by atoms with Crippen LogP contribution in [0.3, 0.4) is 0 Å². The van der Waals surface area contributed by atoms with Crippen molar-refractivity contribution >= 4 is 33.0 Å². The number of hydrogen-bond acceptors (Lipinski definition) is 3. The summed E-state index contributed by atoms with van der Waals surface area (Å²) in [6, 6.07) is 8.75. The van der Waals surface area contributed by atoms with Gasteiger partial charge in [0.05, 0.1) is 0 Å². The van der Waals surface area contributed by atoms with Crippen molar-refractivity contribution in [3.8, 4) is 0 Å². The summed E-state index contributed by atoms with van der Waals surface area (Å²) >= 11 is 5.27. The fourth-order valence-corrected chi connectivity index (χ4v) is 3.75. The molecule has 0 atom stereocenters. The molecule has 1 aliphatic heterocycles. The molecule has 0 saturated carbocycles. The molecule has 0 amide bonds. The Balaban J connectivity index is 1.62. The fraction of sp³-hybridized carbons (Fsp3) is 0.286. The van der Waals surface area contributed by atoms with Crippen LogP contribution in [-0.2, 0) is 19.5 Å². The molecule has 2 heterocycles. The van der Waals surface area contributed by atoms with Crippen molar-refractivity contribution in [2.45, 2.75) is 19.5 Å². The summed E-state index contributed by atoms with van der Waals surface area (Å²) in [6.45, 7) is 2.93. The van der Waals surface area contributed by atoms with E-state index in [1.165, 1.54) is 26.2 Å². The van der Waals surface area contributed by atoms with Crippen LogP contribution in [0, 0.1) is 0 Å². The Morgan fingerprint density at radius 1 is 1.33 bits per heavy atom. The van der Waals surface area contributed by atoms with E-state index in [1.54, 1.807) is 11.3 Å².